The van der Waals surface area contributed by atoms with Gasteiger partial charge in [-0.1, -0.05) is 19.1 Å². The van der Waals surface area contributed by atoms with Gasteiger partial charge in [-0.25, -0.2) is 9.18 Å². The zero-order valence-corrected chi connectivity index (χ0v) is 13.1. The Labute approximate surface area is 134 Å². The van der Waals surface area contributed by atoms with Gasteiger partial charge >= 0.3 is 6.03 Å². The lowest BCUT2D eigenvalue weighted by Gasteiger charge is -2.32. The first-order valence-electron chi connectivity index (χ1n) is 7.69. The fourth-order valence-corrected chi connectivity index (χ4v) is 3.03. The molecule has 2 N–H and O–H groups in total. The van der Waals surface area contributed by atoms with Crippen LogP contribution in [-0.4, -0.2) is 16.2 Å². The summed E-state index contributed by atoms with van der Waals surface area (Å²) in [5.41, 5.74) is 2.83. The molecule has 2 atom stereocenters. The van der Waals surface area contributed by atoms with Crippen LogP contribution in [0.4, 0.5) is 14.9 Å². The van der Waals surface area contributed by atoms with Crippen molar-refractivity contribution < 1.29 is 9.18 Å². The molecule has 2 aromatic rings. The lowest BCUT2D eigenvalue weighted by atomic mass is 9.80. The Kier molecular flexibility index (Phi) is 4.23. The third kappa shape index (κ3) is 3.16. The summed E-state index contributed by atoms with van der Waals surface area (Å²) in [5, 5.41) is 13.4. The predicted octanol–water partition coefficient (Wildman–Crippen LogP) is 3.37. The van der Waals surface area contributed by atoms with Gasteiger partial charge in [-0.2, -0.15) is 10.2 Å². The maximum Gasteiger partial charge on any atom is 0.319 e. The third-order valence-electron chi connectivity index (χ3n) is 4.35. The van der Waals surface area contributed by atoms with E-state index in [-0.39, 0.29) is 23.8 Å². The molecule has 2 unspecified atom stereocenters. The van der Waals surface area contributed by atoms with E-state index >= 15 is 0 Å². The molecular formula is C17H19FN4O. The van der Waals surface area contributed by atoms with Crippen molar-refractivity contribution in [3.05, 3.63) is 53.1 Å². The zero-order valence-electron chi connectivity index (χ0n) is 13.1. The Bertz CT molecular complexity index is 734. The van der Waals surface area contributed by atoms with E-state index in [1.807, 2.05) is 6.07 Å². The first kappa shape index (κ1) is 15.4. The molecule has 0 bridgehead atoms. The molecule has 0 spiro atoms. The number of benzene rings is 1. The molecule has 0 radical (unpaired) electrons. The van der Waals surface area contributed by atoms with Crippen LogP contribution < -0.4 is 10.6 Å². The first-order valence-corrected chi connectivity index (χ1v) is 7.69. The lowest BCUT2D eigenvalue weighted by Crippen LogP contribution is -2.38. The SMILES string of the molecule is Cc1nnccc1NC(=O)NC1c2cccc(F)c2CCC1C. The smallest absolute Gasteiger partial charge is 0.319 e. The summed E-state index contributed by atoms with van der Waals surface area (Å²) < 4.78 is 14.0. The zero-order chi connectivity index (χ0) is 16.4. The number of fused-ring (bicyclic) bond motifs is 1. The Hall–Kier alpha value is -2.50. The minimum absolute atomic E-state index is 0.198. The number of halogens is 1. The highest BCUT2D eigenvalue weighted by Crippen LogP contribution is 2.35. The Morgan fingerprint density at radius 3 is 2.96 bits per heavy atom. The number of urea groups is 1. The molecule has 0 aliphatic heterocycles. The van der Waals surface area contributed by atoms with E-state index < -0.39 is 0 Å². The number of nitrogens with one attached hydrogen (secondary N) is 2. The maximum absolute atomic E-state index is 14.0. The van der Waals surface area contributed by atoms with Crippen LogP contribution in [0, 0.1) is 18.7 Å². The van der Waals surface area contributed by atoms with E-state index in [1.54, 1.807) is 19.1 Å². The van der Waals surface area contributed by atoms with Crippen LogP contribution in [0.2, 0.25) is 0 Å². The molecule has 120 valence electrons. The van der Waals surface area contributed by atoms with E-state index in [0.717, 1.165) is 12.0 Å². The van der Waals surface area contributed by atoms with Gasteiger partial charge in [0.25, 0.3) is 0 Å². The van der Waals surface area contributed by atoms with Gasteiger partial charge < -0.3 is 10.6 Å². The van der Waals surface area contributed by atoms with Crippen molar-refractivity contribution in [3.8, 4) is 0 Å². The normalized spacial score (nSPS) is 19.8. The van der Waals surface area contributed by atoms with Gasteiger partial charge in [0.05, 0.1) is 23.6 Å². The first-order chi connectivity index (χ1) is 11.1. The molecule has 1 aromatic heterocycles. The summed E-state index contributed by atoms with van der Waals surface area (Å²) in [4.78, 5) is 12.3. The van der Waals surface area contributed by atoms with Gasteiger partial charge in [-0.3, -0.25) is 0 Å². The highest BCUT2D eigenvalue weighted by molar-refractivity contribution is 5.90. The second kappa shape index (κ2) is 6.32. The number of amides is 2. The average molecular weight is 314 g/mol. The summed E-state index contributed by atoms with van der Waals surface area (Å²) in [6, 6.07) is 6.21. The molecular weight excluding hydrogens is 295 g/mol. The minimum Gasteiger partial charge on any atom is -0.331 e. The van der Waals surface area contributed by atoms with Crippen molar-refractivity contribution in [2.75, 3.05) is 5.32 Å². The van der Waals surface area contributed by atoms with Gasteiger partial charge in [-0.05, 0) is 48.9 Å². The summed E-state index contributed by atoms with van der Waals surface area (Å²) in [6.07, 6.45) is 3.07. The number of aromatic nitrogens is 2. The van der Waals surface area contributed by atoms with E-state index in [0.29, 0.717) is 23.4 Å². The highest BCUT2D eigenvalue weighted by Gasteiger charge is 2.29. The van der Waals surface area contributed by atoms with E-state index in [9.17, 15) is 9.18 Å². The van der Waals surface area contributed by atoms with Gasteiger partial charge in [-0.15, -0.1) is 0 Å². The van der Waals surface area contributed by atoms with Gasteiger partial charge in [0.15, 0.2) is 0 Å². The molecule has 0 saturated carbocycles. The van der Waals surface area contributed by atoms with Crippen LogP contribution in [0.15, 0.2) is 30.5 Å². The monoisotopic (exact) mass is 314 g/mol. The second-order valence-electron chi connectivity index (χ2n) is 5.93. The van der Waals surface area contributed by atoms with Crippen LogP contribution in [0.1, 0.15) is 36.2 Å². The average Bonchev–Trinajstić information content (AvgIpc) is 2.53. The molecule has 1 aromatic carbocycles. The standard InChI is InChI=1S/C17H19FN4O/c1-10-6-7-12-13(4-3-5-14(12)18)16(10)21-17(23)20-15-8-9-19-22-11(15)2/h3-5,8-10,16H,6-7H2,1-2H3,(H2,19,20,21,23). The number of nitrogens with zero attached hydrogens (tertiary/aromatic N) is 2. The number of aryl methyl sites for hydroxylation is 1. The molecule has 1 aliphatic rings. The predicted molar refractivity (Wildman–Crippen MR) is 85.5 cm³/mol. The van der Waals surface area contributed by atoms with Gasteiger partial charge in [0.2, 0.25) is 0 Å². The van der Waals surface area contributed by atoms with E-state index in [2.05, 4.69) is 27.8 Å². The van der Waals surface area contributed by atoms with Crippen LogP contribution in [0.3, 0.4) is 0 Å². The molecule has 0 saturated heterocycles. The molecule has 1 heterocycles. The number of anilines is 1. The van der Waals surface area contributed by atoms with Gasteiger partial charge in [0.1, 0.15) is 5.82 Å². The second-order valence-corrected chi connectivity index (χ2v) is 5.93. The van der Waals surface area contributed by atoms with Crippen LogP contribution in [-0.2, 0) is 6.42 Å². The number of hydrogen-bond acceptors (Lipinski definition) is 3. The topological polar surface area (TPSA) is 66.9 Å². The molecule has 1 aliphatic carbocycles. The van der Waals surface area contributed by atoms with Crippen LogP contribution in [0.25, 0.3) is 0 Å². The Morgan fingerprint density at radius 1 is 1.35 bits per heavy atom. The minimum atomic E-state index is -0.324. The fourth-order valence-electron chi connectivity index (χ4n) is 3.03. The van der Waals surface area contributed by atoms with Crippen LogP contribution >= 0.6 is 0 Å². The molecule has 5 nitrogen and oxygen atoms in total. The Balaban J connectivity index is 1.79. The van der Waals surface area contributed by atoms with E-state index in [1.165, 1.54) is 12.3 Å². The quantitative estimate of drug-likeness (QED) is 0.893. The summed E-state index contributed by atoms with van der Waals surface area (Å²) in [7, 11) is 0. The van der Waals surface area contributed by atoms with Gasteiger partial charge in [0, 0.05) is 0 Å². The number of rotatable bonds is 2. The lowest BCUT2D eigenvalue weighted by molar-refractivity contribution is 0.240. The van der Waals surface area contributed by atoms with Crippen LogP contribution in [0.5, 0.6) is 0 Å². The molecule has 0 fully saturated rings. The molecule has 6 heteroatoms. The Morgan fingerprint density at radius 2 is 2.17 bits per heavy atom. The third-order valence-corrected chi connectivity index (χ3v) is 4.35. The number of carbonyl (C=O) groups excluding carboxylic acids is 1. The number of carbonyl (C=O) groups is 1. The van der Waals surface area contributed by atoms with Crippen molar-refractivity contribution >= 4 is 11.7 Å². The van der Waals surface area contributed by atoms with Crippen molar-refractivity contribution in [2.45, 2.75) is 32.7 Å². The number of hydrogen-bond donors (Lipinski definition) is 2. The van der Waals surface area contributed by atoms with Crippen molar-refractivity contribution in [3.63, 3.8) is 0 Å². The molecule has 23 heavy (non-hydrogen) atoms. The van der Waals surface area contributed by atoms with Crippen molar-refractivity contribution in [1.29, 1.82) is 0 Å². The van der Waals surface area contributed by atoms with Crippen molar-refractivity contribution in [2.24, 2.45) is 5.92 Å². The summed E-state index contributed by atoms with van der Waals surface area (Å²) >= 11 is 0. The fraction of sp³-hybridized carbons (Fsp3) is 0.353. The highest BCUT2D eigenvalue weighted by atomic mass is 19.1. The molecule has 3 rings (SSSR count). The molecule has 2 amide bonds. The summed E-state index contributed by atoms with van der Waals surface area (Å²) in [6.45, 7) is 3.84. The van der Waals surface area contributed by atoms with E-state index in [4.69, 9.17) is 0 Å². The summed E-state index contributed by atoms with van der Waals surface area (Å²) in [5.74, 6) is 0.0440. The maximum atomic E-state index is 14.0. The van der Waals surface area contributed by atoms with Crippen molar-refractivity contribution in [1.82, 2.24) is 15.5 Å². The largest absolute Gasteiger partial charge is 0.331 e.